The van der Waals surface area contributed by atoms with Gasteiger partial charge in [-0.05, 0) is 25.1 Å². The molecular formula is C12H13ClFN3O. The summed E-state index contributed by atoms with van der Waals surface area (Å²) in [6, 6.07) is 4.54. The fraction of sp³-hybridized carbons (Fsp3) is 0.333. The highest BCUT2D eigenvalue weighted by Crippen LogP contribution is 2.21. The molecule has 0 atom stereocenters. The Morgan fingerprint density at radius 1 is 1.28 bits per heavy atom. The molecule has 6 heteroatoms. The van der Waals surface area contributed by atoms with Crippen molar-refractivity contribution < 1.29 is 8.81 Å². The van der Waals surface area contributed by atoms with Crippen molar-refractivity contribution in [2.24, 2.45) is 5.73 Å². The van der Waals surface area contributed by atoms with Crippen LogP contribution in [0.1, 0.15) is 23.8 Å². The molecule has 1 aromatic carbocycles. The summed E-state index contributed by atoms with van der Waals surface area (Å²) in [6.07, 6.45) is 1.61. The van der Waals surface area contributed by atoms with Gasteiger partial charge in [0.2, 0.25) is 11.8 Å². The van der Waals surface area contributed by atoms with E-state index in [1.54, 1.807) is 12.1 Å². The van der Waals surface area contributed by atoms with E-state index in [0.29, 0.717) is 35.3 Å². The van der Waals surface area contributed by atoms with Crippen molar-refractivity contribution in [1.29, 1.82) is 0 Å². The molecule has 96 valence electrons. The van der Waals surface area contributed by atoms with Gasteiger partial charge in [-0.3, -0.25) is 0 Å². The molecule has 4 nitrogen and oxygen atoms in total. The minimum atomic E-state index is -0.371. The molecule has 0 saturated heterocycles. The number of nitrogens with zero attached hydrogens (tertiary/aromatic N) is 2. The van der Waals surface area contributed by atoms with Crippen molar-refractivity contribution in [2.75, 3.05) is 6.54 Å². The first kappa shape index (κ1) is 13.0. The van der Waals surface area contributed by atoms with Crippen LogP contribution in [-0.4, -0.2) is 16.7 Å². The lowest BCUT2D eigenvalue weighted by Crippen LogP contribution is -2.00. The summed E-state index contributed by atoms with van der Waals surface area (Å²) in [5, 5.41) is 8.09. The molecule has 1 heterocycles. The van der Waals surface area contributed by atoms with Crippen molar-refractivity contribution >= 4 is 11.6 Å². The van der Waals surface area contributed by atoms with Crippen LogP contribution in [0.2, 0.25) is 5.02 Å². The zero-order valence-electron chi connectivity index (χ0n) is 9.70. The van der Waals surface area contributed by atoms with E-state index in [1.165, 1.54) is 6.07 Å². The van der Waals surface area contributed by atoms with E-state index >= 15 is 0 Å². The maximum atomic E-state index is 13.6. The van der Waals surface area contributed by atoms with Gasteiger partial charge < -0.3 is 10.2 Å². The number of benzene rings is 1. The van der Waals surface area contributed by atoms with Crippen molar-refractivity contribution in [3.8, 4) is 0 Å². The molecule has 0 bridgehead atoms. The summed E-state index contributed by atoms with van der Waals surface area (Å²) in [5.74, 6) is 0.501. The molecule has 0 aliphatic carbocycles. The average Bonchev–Trinajstić information content (AvgIpc) is 2.79. The Balaban J connectivity index is 2.11. The third-order valence-electron chi connectivity index (χ3n) is 2.49. The van der Waals surface area contributed by atoms with E-state index in [1.807, 2.05) is 0 Å². The Morgan fingerprint density at radius 2 is 2.06 bits per heavy atom. The SMILES string of the molecule is NCCCc1nnc(Cc2c(F)cccc2Cl)o1. The van der Waals surface area contributed by atoms with Gasteiger partial charge in [0, 0.05) is 17.0 Å². The number of hydrogen-bond donors (Lipinski definition) is 1. The van der Waals surface area contributed by atoms with E-state index in [2.05, 4.69) is 10.2 Å². The second kappa shape index (κ2) is 5.93. The predicted octanol–water partition coefficient (Wildman–Crippen LogP) is 2.34. The lowest BCUT2D eigenvalue weighted by molar-refractivity contribution is 0.450. The average molecular weight is 270 g/mol. The molecule has 0 aliphatic heterocycles. The van der Waals surface area contributed by atoms with E-state index in [0.717, 1.165) is 6.42 Å². The van der Waals surface area contributed by atoms with Gasteiger partial charge in [-0.25, -0.2) is 4.39 Å². The molecule has 2 aromatic rings. The van der Waals surface area contributed by atoms with Gasteiger partial charge in [0.05, 0.1) is 6.42 Å². The number of halogens is 2. The van der Waals surface area contributed by atoms with Crippen LogP contribution in [0.4, 0.5) is 4.39 Å². The zero-order chi connectivity index (χ0) is 13.0. The molecule has 0 radical (unpaired) electrons. The highest BCUT2D eigenvalue weighted by atomic mass is 35.5. The third-order valence-corrected chi connectivity index (χ3v) is 2.85. The van der Waals surface area contributed by atoms with Gasteiger partial charge in [0.15, 0.2) is 0 Å². The number of rotatable bonds is 5. The van der Waals surface area contributed by atoms with Crippen LogP contribution in [-0.2, 0) is 12.8 Å². The molecule has 0 spiro atoms. The van der Waals surface area contributed by atoms with E-state index < -0.39 is 0 Å². The van der Waals surface area contributed by atoms with Gasteiger partial charge in [-0.15, -0.1) is 10.2 Å². The molecule has 1 aromatic heterocycles. The quantitative estimate of drug-likeness (QED) is 0.905. The van der Waals surface area contributed by atoms with E-state index in [9.17, 15) is 4.39 Å². The van der Waals surface area contributed by atoms with E-state index in [-0.39, 0.29) is 12.2 Å². The second-order valence-corrected chi connectivity index (χ2v) is 4.27. The predicted molar refractivity (Wildman–Crippen MR) is 65.9 cm³/mol. The number of nitrogens with two attached hydrogens (primary N) is 1. The van der Waals surface area contributed by atoms with Gasteiger partial charge >= 0.3 is 0 Å². The van der Waals surface area contributed by atoms with Crippen LogP contribution in [0.25, 0.3) is 0 Å². The van der Waals surface area contributed by atoms with Crippen LogP contribution >= 0.6 is 11.6 Å². The molecule has 0 amide bonds. The summed E-state index contributed by atoms with van der Waals surface area (Å²) in [7, 11) is 0. The minimum Gasteiger partial charge on any atom is -0.425 e. The Hall–Kier alpha value is -1.46. The Morgan fingerprint density at radius 3 is 2.78 bits per heavy atom. The largest absolute Gasteiger partial charge is 0.425 e. The highest BCUT2D eigenvalue weighted by molar-refractivity contribution is 6.31. The van der Waals surface area contributed by atoms with Crippen molar-refractivity contribution in [3.63, 3.8) is 0 Å². The lowest BCUT2D eigenvalue weighted by atomic mass is 10.1. The summed E-state index contributed by atoms with van der Waals surface area (Å²) in [5.41, 5.74) is 5.76. The van der Waals surface area contributed by atoms with Crippen LogP contribution in [0.3, 0.4) is 0 Å². The van der Waals surface area contributed by atoms with Crippen LogP contribution < -0.4 is 5.73 Å². The summed E-state index contributed by atoms with van der Waals surface area (Å²) in [4.78, 5) is 0. The van der Waals surface area contributed by atoms with Crippen molar-refractivity contribution in [3.05, 3.63) is 46.4 Å². The first-order valence-corrected chi connectivity index (χ1v) is 6.02. The number of aromatic nitrogens is 2. The van der Waals surface area contributed by atoms with Crippen LogP contribution in [0.15, 0.2) is 22.6 Å². The second-order valence-electron chi connectivity index (χ2n) is 3.86. The smallest absolute Gasteiger partial charge is 0.221 e. The molecule has 18 heavy (non-hydrogen) atoms. The summed E-state index contributed by atoms with van der Waals surface area (Å²) in [6.45, 7) is 0.566. The van der Waals surface area contributed by atoms with Gasteiger partial charge in [-0.2, -0.15) is 0 Å². The molecule has 0 aliphatic rings. The fourth-order valence-electron chi connectivity index (χ4n) is 1.57. The molecule has 0 unspecified atom stereocenters. The molecule has 0 fully saturated rings. The standard InChI is InChI=1S/C12H13ClFN3O/c13-9-3-1-4-10(14)8(9)7-12-17-16-11(18-12)5-2-6-15/h1,3-4H,2,5-7,15H2. The zero-order valence-corrected chi connectivity index (χ0v) is 10.5. The monoisotopic (exact) mass is 269 g/mol. The summed E-state index contributed by atoms with van der Waals surface area (Å²) >= 11 is 5.92. The lowest BCUT2D eigenvalue weighted by Gasteiger charge is -2.02. The molecule has 2 rings (SSSR count). The van der Waals surface area contributed by atoms with Gasteiger partial charge in [0.25, 0.3) is 0 Å². The minimum absolute atomic E-state index is 0.196. The summed E-state index contributed by atoms with van der Waals surface area (Å²) < 4.78 is 19.0. The highest BCUT2D eigenvalue weighted by Gasteiger charge is 2.12. The third kappa shape index (κ3) is 3.05. The fourth-order valence-corrected chi connectivity index (χ4v) is 1.80. The Kier molecular flexibility index (Phi) is 4.28. The van der Waals surface area contributed by atoms with Crippen LogP contribution in [0, 0.1) is 5.82 Å². The van der Waals surface area contributed by atoms with Crippen molar-refractivity contribution in [1.82, 2.24) is 10.2 Å². The maximum Gasteiger partial charge on any atom is 0.221 e. The van der Waals surface area contributed by atoms with Gasteiger partial charge in [0.1, 0.15) is 5.82 Å². The Labute approximate surface area is 109 Å². The Bertz CT molecular complexity index is 510. The normalized spacial score (nSPS) is 10.8. The maximum absolute atomic E-state index is 13.6. The number of aryl methyl sites for hydroxylation is 1. The van der Waals surface area contributed by atoms with Crippen LogP contribution in [0.5, 0.6) is 0 Å². The first-order chi connectivity index (χ1) is 8.70. The molecule has 0 saturated carbocycles. The van der Waals surface area contributed by atoms with Crippen molar-refractivity contribution in [2.45, 2.75) is 19.3 Å². The topological polar surface area (TPSA) is 64.9 Å². The number of hydrogen-bond acceptors (Lipinski definition) is 4. The van der Waals surface area contributed by atoms with E-state index in [4.69, 9.17) is 21.8 Å². The van der Waals surface area contributed by atoms with Gasteiger partial charge in [-0.1, -0.05) is 17.7 Å². The molecule has 2 N–H and O–H groups in total. The first-order valence-electron chi connectivity index (χ1n) is 5.65. The molecular weight excluding hydrogens is 257 g/mol.